The van der Waals surface area contributed by atoms with Gasteiger partial charge in [-0.3, -0.25) is 48.5 Å². The second kappa shape index (κ2) is 32.9. The van der Waals surface area contributed by atoms with Crippen LogP contribution < -0.4 is 15.8 Å². The molecule has 0 bridgehead atoms. The molecule has 4 saturated heterocycles. The molecule has 4 aliphatic heterocycles. The number of aliphatic hydroxyl groups is 2. The Balaban J connectivity index is 1.78. The van der Waals surface area contributed by atoms with E-state index in [4.69, 9.17) is 95.7 Å². The molecule has 0 spiro atoms. The summed E-state index contributed by atoms with van der Waals surface area (Å²) in [5.74, 6) is -14.6. The number of hydrogen-bond acceptors (Lipinski definition) is 33. The number of ether oxygens (including phenoxy) is 19. The third-order valence-electron chi connectivity index (χ3n) is 14.0. The van der Waals surface area contributed by atoms with Crippen molar-refractivity contribution < 1.29 is 153 Å². The first-order valence-electron chi connectivity index (χ1n) is 29.0. The number of aliphatic hydroxyl groups excluding tert-OH is 2. The summed E-state index contributed by atoms with van der Waals surface area (Å²) in [6.45, 7) is 14.1. The van der Waals surface area contributed by atoms with Crippen molar-refractivity contribution in [2.24, 2.45) is 11.7 Å². The van der Waals surface area contributed by atoms with E-state index >= 15 is 0 Å². The van der Waals surface area contributed by atoms with E-state index in [0.29, 0.717) is 0 Å². The van der Waals surface area contributed by atoms with E-state index in [1.807, 2.05) is 0 Å². The van der Waals surface area contributed by atoms with Gasteiger partial charge in [0.25, 0.3) is 5.79 Å². The summed E-state index contributed by atoms with van der Waals surface area (Å²) in [5.41, 5.74) is 5.98. The van der Waals surface area contributed by atoms with Crippen LogP contribution in [0.5, 0.6) is 5.75 Å². The topological polar surface area (TPSA) is 442 Å². The second-order valence-electron chi connectivity index (χ2n) is 22.8. The van der Waals surface area contributed by atoms with Gasteiger partial charge < -0.3 is 106 Å². The van der Waals surface area contributed by atoms with Crippen LogP contribution in [0.15, 0.2) is 24.3 Å². The number of methoxy groups -OCH3 is 1. The Kier molecular flexibility index (Phi) is 27.0. The first kappa shape index (κ1) is 75.3. The van der Waals surface area contributed by atoms with Crippen molar-refractivity contribution in [2.45, 2.75) is 231 Å². The molecule has 0 radical (unpaired) electrons. The SMILES string of the molecule is COC(=O)C1(OC2C(OC(C)=O)C(COC(C)=O)OC(OC3C(COC(C)=O)OC(Oc4ccc(NC(=O)OC(C)(C)C)cc4)C(C)C3OC3OC(C)C(OC(C)=O)C(OC(C)=O)C3OC(C)=O)C2OC(C)=O)CC(OC(C)=O)C(N)C([C@H](O)[C@@H](CO)OC(C)=O)O1. The Morgan fingerprint density at radius 2 is 1.09 bits per heavy atom. The molecule has 516 valence electrons. The normalized spacial score (nSPS) is 31.8. The van der Waals surface area contributed by atoms with E-state index < -0.39 is 226 Å². The highest BCUT2D eigenvalue weighted by Gasteiger charge is 2.63. The van der Waals surface area contributed by atoms with Gasteiger partial charge in [-0.25, -0.2) is 9.59 Å². The molecule has 1 aromatic rings. The maximum Gasteiger partial charge on any atom is 0.412 e. The van der Waals surface area contributed by atoms with E-state index in [-0.39, 0.29) is 11.4 Å². The Labute approximate surface area is 528 Å². The van der Waals surface area contributed by atoms with Crippen molar-refractivity contribution in [2.75, 3.05) is 32.2 Å². The molecule has 34 nitrogen and oxygen atoms in total. The van der Waals surface area contributed by atoms with E-state index in [1.165, 1.54) is 38.1 Å². The number of carbonyl (C=O) groups excluding carboxylic acids is 11. The average molecular weight is 1320 g/mol. The van der Waals surface area contributed by atoms with Crippen LogP contribution in [0.4, 0.5) is 10.5 Å². The lowest BCUT2D eigenvalue weighted by molar-refractivity contribution is -0.391. The molecule has 0 saturated carbocycles. The third kappa shape index (κ3) is 20.8. The Morgan fingerprint density at radius 1 is 0.609 bits per heavy atom. The number of rotatable bonds is 24. The molecular weight excluding hydrogens is 1240 g/mol. The Morgan fingerprint density at radius 3 is 1.59 bits per heavy atom. The van der Waals surface area contributed by atoms with Gasteiger partial charge >= 0.3 is 65.8 Å². The molecule has 19 unspecified atom stereocenters. The smallest absolute Gasteiger partial charge is 0.412 e. The number of carbonyl (C=O) groups is 11. The summed E-state index contributed by atoms with van der Waals surface area (Å²) in [6.07, 6.45) is -34.6. The zero-order chi connectivity index (χ0) is 68.9. The standard InChI is InChI=1S/C58H82N2O32/c1-24-43(88-53-50(83-33(10)69)48(82-32(9)68)44(25(2)77-53)80-30(7)66)45(39(22-75-26(3)62)86-52(24)85-36-18-16-35(17-19-36)60-56(73)92-57(12,13)14)89-54-51(84-34(11)70)49(46(81-31(8)67)40(87-54)23-76-27(4)63)91-58(55(72)74-15)20-37(78-28(5)64)41(59)47(90-58)42(71)38(21-61)79-29(6)65/h16-19,24-25,37-54,61,71H,20-23,59H2,1-15H3,(H,60,73)/t24?,25?,37?,38-,39?,40?,41?,42-,43?,44?,45?,46?,47?,48?,49?,50?,51?,52?,53?,54?,58?/m1/s1. The largest absolute Gasteiger partial charge is 0.465 e. The van der Waals surface area contributed by atoms with E-state index in [2.05, 4.69) is 5.32 Å². The van der Waals surface area contributed by atoms with Crippen LogP contribution in [0.2, 0.25) is 0 Å². The predicted molar refractivity (Wildman–Crippen MR) is 300 cm³/mol. The van der Waals surface area contributed by atoms with Gasteiger partial charge in [-0.05, 0) is 52.0 Å². The Hall–Kier alpha value is -7.41. The zero-order valence-corrected chi connectivity index (χ0v) is 53.4. The lowest BCUT2D eigenvalue weighted by atomic mass is 9.88. The van der Waals surface area contributed by atoms with Gasteiger partial charge in [-0.1, -0.05) is 6.92 Å². The third-order valence-corrected chi connectivity index (χ3v) is 14.0. The summed E-state index contributed by atoms with van der Waals surface area (Å²) in [5, 5.41) is 24.7. The van der Waals surface area contributed by atoms with Crippen LogP contribution in [0.25, 0.3) is 0 Å². The first-order chi connectivity index (χ1) is 43.0. The van der Waals surface area contributed by atoms with Crippen LogP contribution >= 0.6 is 0 Å². The van der Waals surface area contributed by atoms with Crippen molar-refractivity contribution in [3.63, 3.8) is 0 Å². The van der Waals surface area contributed by atoms with Crippen molar-refractivity contribution in [3.05, 3.63) is 24.3 Å². The van der Waals surface area contributed by atoms with Crippen molar-refractivity contribution in [1.29, 1.82) is 0 Å². The minimum atomic E-state index is -3.06. The zero-order valence-electron chi connectivity index (χ0n) is 53.4. The number of anilines is 1. The van der Waals surface area contributed by atoms with Gasteiger partial charge in [0.1, 0.15) is 67.3 Å². The Bertz CT molecular complexity index is 2780. The first-order valence-corrected chi connectivity index (χ1v) is 29.0. The fourth-order valence-electron chi connectivity index (χ4n) is 10.4. The molecule has 92 heavy (non-hydrogen) atoms. The van der Waals surface area contributed by atoms with Gasteiger partial charge in [0.15, 0.2) is 49.2 Å². The maximum absolute atomic E-state index is 14.6. The molecule has 5 N–H and O–H groups in total. The number of amides is 1. The molecule has 1 aromatic carbocycles. The summed E-state index contributed by atoms with van der Waals surface area (Å²) >= 11 is 0. The molecule has 1 amide bonds. The number of nitrogens with one attached hydrogen (secondary N) is 1. The summed E-state index contributed by atoms with van der Waals surface area (Å²) in [6, 6.07) is 4.18. The maximum atomic E-state index is 14.6. The number of esters is 10. The van der Waals surface area contributed by atoms with Gasteiger partial charge in [0.2, 0.25) is 6.29 Å². The molecule has 4 heterocycles. The monoisotopic (exact) mass is 1320 g/mol. The predicted octanol–water partition coefficient (Wildman–Crippen LogP) is 0.386. The summed E-state index contributed by atoms with van der Waals surface area (Å²) < 4.78 is 113. The molecule has 4 aliphatic rings. The number of hydrogen-bond donors (Lipinski definition) is 4. The lowest BCUT2D eigenvalue weighted by Crippen LogP contribution is -2.71. The van der Waals surface area contributed by atoms with Crippen LogP contribution in [-0.2, 0) is 133 Å². The molecule has 34 heteroatoms. The minimum Gasteiger partial charge on any atom is -0.465 e. The summed E-state index contributed by atoms with van der Waals surface area (Å²) in [7, 11) is 0.858. The molecule has 4 fully saturated rings. The van der Waals surface area contributed by atoms with Gasteiger partial charge in [0, 0.05) is 73.9 Å². The molecule has 0 aromatic heterocycles. The van der Waals surface area contributed by atoms with Crippen LogP contribution in [0, 0.1) is 5.92 Å². The molecule has 21 atom stereocenters. The average Bonchev–Trinajstić information content (AvgIpc) is 0.753. The van der Waals surface area contributed by atoms with Crippen molar-refractivity contribution in [1.82, 2.24) is 0 Å². The van der Waals surface area contributed by atoms with Gasteiger partial charge in [-0.2, -0.15) is 0 Å². The highest BCUT2D eigenvalue weighted by Crippen LogP contribution is 2.43. The number of nitrogens with two attached hydrogens (primary N) is 1. The molecule has 0 aliphatic carbocycles. The quantitative estimate of drug-likeness (QED) is 0.0803. The highest BCUT2D eigenvalue weighted by molar-refractivity contribution is 5.85. The van der Waals surface area contributed by atoms with E-state index in [9.17, 15) is 63.0 Å². The summed E-state index contributed by atoms with van der Waals surface area (Å²) in [4.78, 5) is 143. The lowest BCUT2D eigenvalue weighted by Gasteiger charge is -2.52. The van der Waals surface area contributed by atoms with Crippen molar-refractivity contribution >= 4 is 71.5 Å². The molecular formula is C58H82N2O32. The van der Waals surface area contributed by atoms with Gasteiger partial charge in [-0.15, -0.1) is 0 Å². The highest BCUT2D eigenvalue weighted by atomic mass is 16.8. The molecule has 5 rings (SSSR count). The van der Waals surface area contributed by atoms with Gasteiger partial charge in [0.05, 0.1) is 38.4 Å². The van der Waals surface area contributed by atoms with Crippen molar-refractivity contribution in [3.8, 4) is 5.75 Å². The minimum absolute atomic E-state index is 0.0881. The van der Waals surface area contributed by atoms with Crippen LogP contribution in [-0.4, -0.2) is 231 Å². The number of benzene rings is 1. The fourth-order valence-corrected chi connectivity index (χ4v) is 10.4. The van der Waals surface area contributed by atoms with Crippen LogP contribution in [0.3, 0.4) is 0 Å². The fraction of sp³-hybridized carbons (Fsp3) is 0.707. The van der Waals surface area contributed by atoms with E-state index in [1.54, 1.807) is 20.8 Å². The van der Waals surface area contributed by atoms with E-state index in [0.717, 1.165) is 69.4 Å². The van der Waals surface area contributed by atoms with Crippen LogP contribution in [0.1, 0.15) is 103 Å². The second-order valence-corrected chi connectivity index (χ2v) is 22.8.